The summed E-state index contributed by atoms with van der Waals surface area (Å²) in [6.07, 6.45) is -4.77. The maximum atomic E-state index is 12.7. The number of alkyl halides is 3. The van der Waals surface area contributed by atoms with Gasteiger partial charge in [0.2, 0.25) is 0 Å². The molecular weight excluding hydrogens is 251 g/mol. The second-order valence-corrected chi connectivity index (χ2v) is 3.31. The Morgan fingerprint density at radius 1 is 1.50 bits per heavy atom. The normalized spacial score (nSPS) is 10.9. The number of benzene rings is 1. The first-order valence-electron chi connectivity index (χ1n) is 4.68. The van der Waals surface area contributed by atoms with Crippen molar-refractivity contribution in [2.75, 3.05) is 7.11 Å². The summed E-state index contributed by atoms with van der Waals surface area (Å²) in [5, 5.41) is 17.7. The highest BCUT2D eigenvalue weighted by Crippen LogP contribution is 2.34. The van der Waals surface area contributed by atoms with E-state index >= 15 is 0 Å². The topological polar surface area (TPSA) is 70.3 Å². The SMILES string of the molecule is COC(=O)c1cc(C#N)c(CO)c(C(F)(F)F)c1. The van der Waals surface area contributed by atoms with Crippen molar-refractivity contribution in [1.82, 2.24) is 0 Å². The van der Waals surface area contributed by atoms with Crippen LogP contribution in [0.15, 0.2) is 12.1 Å². The van der Waals surface area contributed by atoms with Gasteiger partial charge in [0.05, 0.1) is 36.5 Å². The molecule has 0 saturated heterocycles. The molecule has 0 atom stereocenters. The highest BCUT2D eigenvalue weighted by Gasteiger charge is 2.35. The van der Waals surface area contributed by atoms with Gasteiger partial charge in [-0.1, -0.05) is 0 Å². The Hall–Kier alpha value is -2.07. The molecule has 1 aromatic carbocycles. The molecule has 0 aliphatic carbocycles. The Morgan fingerprint density at radius 3 is 2.50 bits per heavy atom. The number of carbonyl (C=O) groups is 1. The molecule has 0 saturated carbocycles. The van der Waals surface area contributed by atoms with Crippen molar-refractivity contribution in [2.45, 2.75) is 12.8 Å². The summed E-state index contributed by atoms with van der Waals surface area (Å²) in [6, 6.07) is 3.02. The fourth-order valence-corrected chi connectivity index (χ4v) is 1.43. The van der Waals surface area contributed by atoms with Crippen LogP contribution < -0.4 is 0 Å². The zero-order valence-corrected chi connectivity index (χ0v) is 9.21. The number of hydrogen-bond donors (Lipinski definition) is 1. The minimum atomic E-state index is -4.77. The zero-order chi connectivity index (χ0) is 13.9. The molecule has 0 amide bonds. The van der Waals surface area contributed by atoms with Crippen LogP contribution in [0.25, 0.3) is 0 Å². The summed E-state index contributed by atoms with van der Waals surface area (Å²) in [6.45, 7) is -0.945. The Labute approximate surface area is 100 Å². The highest BCUT2D eigenvalue weighted by atomic mass is 19.4. The van der Waals surface area contributed by atoms with Crippen molar-refractivity contribution in [1.29, 1.82) is 5.26 Å². The standard InChI is InChI=1S/C11H8F3NO3/c1-18-10(17)6-2-7(4-15)8(5-16)9(3-6)11(12,13)14/h2-3,16H,5H2,1H3. The van der Waals surface area contributed by atoms with E-state index in [1.165, 1.54) is 6.07 Å². The first kappa shape index (κ1) is 14.0. The first-order valence-corrected chi connectivity index (χ1v) is 4.68. The lowest BCUT2D eigenvalue weighted by atomic mass is 9.98. The van der Waals surface area contributed by atoms with Gasteiger partial charge in [0.1, 0.15) is 0 Å². The third-order valence-corrected chi connectivity index (χ3v) is 2.25. The molecule has 1 aromatic rings. The van der Waals surface area contributed by atoms with Crippen LogP contribution in [-0.2, 0) is 17.5 Å². The maximum Gasteiger partial charge on any atom is 0.416 e. The Bertz CT molecular complexity index is 517. The van der Waals surface area contributed by atoms with Crippen molar-refractivity contribution < 1.29 is 27.8 Å². The maximum absolute atomic E-state index is 12.7. The number of carbonyl (C=O) groups excluding carboxylic acids is 1. The molecule has 96 valence electrons. The average Bonchev–Trinajstić information content (AvgIpc) is 2.34. The second-order valence-electron chi connectivity index (χ2n) is 3.31. The van der Waals surface area contributed by atoms with Crippen molar-refractivity contribution >= 4 is 5.97 Å². The Kier molecular flexibility index (Phi) is 3.93. The van der Waals surface area contributed by atoms with Crippen LogP contribution in [0.4, 0.5) is 13.2 Å². The first-order chi connectivity index (χ1) is 8.35. The third-order valence-electron chi connectivity index (χ3n) is 2.25. The molecule has 0 aliphatic rings. The lowest BCUT2D eigenvalue weighted by Gasteiger charge is -2.14. The number of hydrogen-bond acceptors (Lipinski definition) is 4. The molecule has 0 aromatic heterocycles. The number of ether oxygens (including phenoxy) is 1. The van der Waals surface area contributed by atoms with Crippen molar-refractivity contribution in [3.8, 4) is 6.07 Å². The smallest absolute Gasteiger partial charge is 0.416 e. The van der Waals surface area contributed by atoms with E-state index in [0.717, 1.165) is 13.2 Å². The third kappa shape index (κ3) is 2.60. The summed E-state index contributed by atoms with van der Waals surface area (Å²) in [5.74, 6) is -0.985. The number of rotatable bonds is 2. The molecule has 0 fully saturated rings. The minimum absolute atomic E-state index is 0.390. The van der Waals surface area contributed by atoms with Crippen LogP contribution >= 0.6 is 0 Å². The Balaban J connectivity index is 3.57. The largest absolute Gasteiger partial charge is 0.465 e. The van der Waals surface area contributed by atoms with Crippen LogP contribution in [0.2, 0.25) is 0 Å². The molecule has 0 radical (unpaired) electrons. The predicted molar refractivity (Wildman–Crippen MR) is 53.4 cm³/mol. The minimum Gasteiger partial charge on any atom is -0.465 e. The van der Waals surface area contributed by atoms with E-state index in [0.29, 0.717) is 6.07 Å². The molecule has 0 bridgehead atoms. The summed E-state index contributed by atoms with van der Waals surface area (Å²) >= 11 is 0. The van der Waals surface area contributed by atoms with E-state index in [9.17, 15) is 18.0 Å². The van der Waals surface area contributed by atoms with Gasteiger partial charge in [-0.2, -0.15) is 18.4 Å². The van der Waals surface area contributed by atoms with Gasteiger partial charge in [0.25, 0.3) is 0 Å². The number of nitrogens with zero attached hydrogens (tertiary/aromatic N) is 1. The number of nitriles is 1. The fraction of sp³-hybridized carbons (Fsp3) is 0.273. The van der Waals surface area contributed by atoms with Crippen LogP contribution in [-0.4, -0.2) is 18.2 Å². The van der Waals surface area contributed by atoms with Gasteiger partial charge in [-0.15, -0.1) is 0 Å². The van der Waals surface area contributed by atoms with Crippen LogP contribution in [0, 0.1) is 11.3 Å². The fourth-order valence-electron chi connectivity index (χ4n) is 1.43. The van der Waals surface area contributed by atoms with Gasteiger partial charge in [-0.05, 0) is 12.1 Å². The molecule has 0 heterocycles. The number of halogens is 3. The molecule has 4 nitrogen and oxygen atoms in total. The van der Waals surface area contributed by atoms with Crippen LogP contribution in [0.3, 0.4) is 0 Å². The predicted octanol–water partition coefficient (Wildman–Crippen LogP) is 1.86. The molecule has 1 N–H and O–H groups in total. The molecule has 0 aliphatic heterocycles. The van der Waals surface area contributed by atoms with Crippen LogP contribution in [0.1, 0.15) is 27.0 Å². The zero-order valence-electron chi connectivity index (χ0n) is 9.21. The van der Waals surface area contributed by atoms with Crippen LogP contribution in [0.5, 0.6) is 0 Å². The van der Waals surface area contributed by atoms with Gasteiger partial charge in [0, 0.05) is 5.56 Å². The van der Waals surface area contributed by atoms with E-state index in [2.05, 4.69) is 4.74 Å². The van der Waals surface area contributed by atoms with E-state index in [4.69, 9.17) is 10.4 Å². The lowest BCUT2D eigenvalue weighted by molar-refractivity contribution is -0.138. The molecule has 0 spiro atoms. The van der Waals surface area contributed by atoms with Gasteiger partial charge < -0.3 is 9.84 Å². The molecule has 7 heteroatoms. The van der Waals surface area contributed by atoms with E-state index in [1.807, 2.05) is 0 Å². The van der Waals surface area contributed by atoms with Gasteiger partial charge in [-0.25, -0.2) is 4.79 Å². The lowest BCUT2D eigenvalue weighted by Crippen LogP contribution is -2.14. The van der Waals surface area contributed by atoms with Gasteiger partial charge in [-0.3, -0.25) is 0 Å². The quantitative estimate of drug-likeness (QED) is 0.823. The van der Waals surface area contributed by atoms with Gasteiger partial charge in [0.15, 0.2) is 0 Å². The van der Waals surface area contributed by atoms with E-state index < -0.39 is 41.0 Å². The molecule has 1 rings (SSSR count). The number of aliphatic hydroxyl groups is 1. The second kappa shape index (κ2) is 5.06. The molecule has 0 unspecified atom stereocenters. The monoisotopic (exact) mass is 259 g/mol. The van der Waals surface area contributed by atoms with Crippen molar-refractivity contribution in [3.05, 3.63) is 34.4 Å². The number of methoxy groups -OCH3 is 1. The Morgan fingerprint density at radius 2 is 2.11 bits per heavy atom. The van der Waals surface area contributed by atoms with E-state index in [1.54, 1.807) is 0 Å². The average molecular weight is 259 g/mol. The highest BCUT2D eigenvalue weighted by molar-refractivity contribution is 5.90. The van der Waals surface area contributed by atoms with Crippen molar-refractivity contribution in [3.63, 3.8) is 0 Å². The number of aliphatic hydroxyl groups excluding tert-OH is 1. The van der Waals surface area contributed by atoms with E-state index in [-0.39, 0.29) is 0 Å². The summed E-state index contributed by atoms with van der Waals surface area (Å²) < 4.78 is 42.5. The van der Waals surface area contributed by atoms with Gasteiger partial charge >= 0.3 is 12.1 Å². The summed E-state index contributed by atoms with van der Waals surface area (Å²) in [7, 11) is 1.02. The number of esters is 1. The van der Waals surface area contributed by atoms with Crippen molar-refractivity contribution in [2.24, 2.45) is 0 Å². The molecular formula is C11H8F3NO3. The summed E-state index contributed by atoms with van der Waals surface area (Å²) in [4.78, 5) is 11.2. The summed E-state index contributed by atoms with van der Waals surface area (Å²) in [5.41, 5.74) is -2.58. The molecule has 18 heavy (non-hydrogen) atoms.